The molecule has 0 aromatic heterocycles. The van der Waals surface area contributed by atoms with E-state index in [-0.39, 0.29) is 42.2 Å². The molecule has 6 nitrogen and oxygen atoms in total. The molecule has 1 aromatic carbocycles. The molecule has 1 aromatic rings. The van der Waals surface area contributed by atoms with E-state index in [0.717, 1.165) is 17.7 Å². The third-order valence-corrected chi connectivity index (χ3v) is 5.98. The molecule has 0 radical (unpaired) electrons. The van der Waals surface area contributed by atoms with E-state index in [2.05, 4.69) is 22.8 Å². The van der Waals surface area contributed by atoms with E-state index in [1.165, 1.54) is 6.07 Å². The maximum absolute atomic E-state index is 12.7. The first kappa shape index (κ1) is 17.4. The number of fused-ring (bicyclic) bond motifs is 1. The number of urea groups is 1. The topological polar surface area (TPSA) is 78.5 Å². The van der Waals surface area contributed by atoms with Gasteiger partial charge in [0.2, 0.25) is 11.8 Å². The third kappa shape index (κ3) is 2.87. The summed E-state index contributed by atoms with van der Waals surface area (Å²) >= 11 is 11.8. The number of nitrogens with zero attached hydrogens (tertiary/aromatic N) is 1. The Labute approximate surface area is 160 Å². The summed E-state index contributed by atoms with van der Waals surface area (Å²) in [5, 5.41) is 5.90. The number of allylic oxidation sites excluding steroid dienone is 2. The zero-order chi connectivity index (χ0) is 18.4. The van der Waals surface area contributed by atoms with Gasteiger partial charge in [-0.15, -0.1) is 0 Å². The van der Waals surface area contributed by atoms with Crippen LogP contribution in [0.15, 0.2) is 30.4 Å². The zero-order valence-corrected chi connectivity index (χ0v) is 15.3. The van der Waals surface area contributed by atoms with Gasteiger partial charge in [-0.3, -0.25) is 14.5 Å². The molecule has 1 saturated carbocycles. The highest BCUT2D eigenvalue weighted by molar-refractivity contribution is 6.36. The average Bonchev–Trinajstić information content (AvgIpc) is 2.90. The summed E-state index contributed by atoms with van der Waals surface area (Å²) in [4.78, 5) is 38.6. The Hall–Kier alpha value is -2.05. The van der Waals surface area contributed by atoms with Gasteiger partial charge in [0.15, 0.2) is 0 Å². The molecule has 1 aliphatic heterocycles. The molecule has 136 valence electrons. The number of amides is 4. The van der Waals surface area contributed by atoms with Crippen molar-refractivity contribution >= 4 is 46.7 Å². The zero-order valence-electron chi connectivity index (χ0n) is 13.7. The molecule has 4 amide bonds. The molecule has 4 aliphatic rings. The Balaban J connectivity index is 1.40. The molecule has 1 heterocycles. The fourth-order valence-electron chi connectivity index (χ4n) is 4.20. The van der Waals surface area contributed by atoms with Crippen LogP contribution in [0.25, 0.3) is 0 Å². The third-order valence-electron chi connectivity index (χ3n) is 5.43. The molecule has 0 unspecified atom stereocenters. The molecule has 26 heavy (non-hydrogen) atoms. The predicted octanol–water partition coefficient (Wildman–Crippen LogP) is 3.27. The average molecular weight is 394 g/mol. The summed E-state index contributed by atoms with van der Waals surface area (Å²) < 4.78 is 0. The highest BCUT2D eigenvalue weighted by Gasteiger charge is 2.56. The van der Waals surface area contributed by atoms with Gasteiger partial charge in [0.05, 0.1) is 22.5 Å². The van der Waals surface area contributed by atoms with Crippen molar-refractivity contribution in [1.29, 1.82) is 0 Å². The van der Waals surface area contributed by atoms with E-state index < -0.39 is 6.03 Å². The second-order valence-corrected chi connectivity index (χ2v) is 7.70. The minimum Gasteiger partial charge on any atom is -0.320 e. The number of likely N-dealkylation sites (tertiary alicyclic amines) is 1. The highest BCUT2D eigenvalue weighted by Crippen LogP contribution is 2.49. The van der Waals surface area contributed by atoms with Crippen LogP contribution in [0.1, 0.15) is 12.8 Å². The van der Waals surface area contributed by atoms with E-state index in [9.17, 15) is 14.4 Å². The van der Waals surface area contributed by atoms with Crippen molar-refractivity contribution in [3.8, 4) is 0 Å². The molecule has 8 heteroatoms. The number of halogens is 2. The van der Waals surface area contributed by atoms with E-state index in [4.69, 9.17) is 23.2 Å². The number of imide groups is 1. The smallest absolute Gasteiger partial charge is 0.320 e. The van der Waals surface area contributed by atoms with E-state index in [1.54, 1.807) is 12.1 Å². The highest BCUT2D eigenvalue weighted by atomic mass is 35.5. The maximum Gasteiger partial charge on any atom is 0.320 e. The predicted molar refractivity (Wildman–Crippen MR) is 97.7 cm³/mol. The number of carbonyl (C=O) groups excluding carboxylic acids is 3. The standard InChI is InChI=1S/C18H17Cl2N3O3/c19-11-5-6-13(12(20)7-11)22-18(26)21-8-23-16(24)14-9-1-2-10(4-3-9)15(14)17(23)25/h1-2,5-7,9-10,14-15H,3-4,8H2,(H2,21,22,26)/t9-,10-,14-,15+/m0/s1. The van der Waals surface area contributed by atoms with Gasteiger partial charge in [0.25, 0.3) is 0 Å². The van der Waals surface area contributed by atoms with Gasteiger partial charge >= 0.3 is 6.03 Å². The number of carbonyl (C=O) groups is 3. The monoisotopic (exact) mass is 393 g/mol. The van der Waals surface area contributed by atoms with E-state index >= 15 is 0 Å². The van der Waals surface area contributed by atoms with Crippen LogP contribution in [0.2, 0.25) is 10.0 Å². The van der Waals surface area contributed by atoms with Crippen LogP contribution in [-0.4, -0.2) is 29.4 Å². The largest absolute Gasteiger partial charge is 0.320 e. The number of anilines is 1. The van der Waals surface area contributed by atoms with Crippen LogP contribution in [-0.2, 0) is 9.59 Å². The Morgan fingerprint density at radius 3 is 2.23 bits per heavy atom. The van der Waals surface area contributed by atoms with Crippen molar-refractivity contribution < 1.29 is 14.4 Å². The summed E-state index contributed by atoms with van der Waals surface area (Å²) in [6.07, 6.45) is 6.01. The van der Waals surface area contributed by atoms with Gasteiger partial charge < -0.3 is 10.6 Å². The molecule has 2 fully saturated rings. The second-order valence-electron chi connectivity index (χ2n) is 6.86. The van der Waals surface area contributed by atoms with E-state index in [0.29, 0.717) is 15.7 Å². The Kier molecular flexibility index (Phi) is 4.40. The van der Waals surface area contributed by atoms with Crippen molar-refractivity contribution in [2.75, 3.05) is 12.0 Å². The minimum atomic E-state index is -0.550. The Morgan fingerprint density at radius 1 is 1.08 bits per heavy atom. The van der Waals surface area contributed by atoms with Crippen LogP contribution in [0.4, 0.5) is 10.5 Å². The molecule has 4 atom stereocenters. The Bertz CT molecular complexity index is 794. The summed E-state index contributed by atoms with van der Waals surface area (Å²) in [6, 6.07) is 4.14. The van der Waals surface area contributed by atoms with Crippen LogP contribution in [0, 0.1) is 23.7 Å². The molecule has 0 spiro atoms. The van der Waals surface area contributed by atoms with Crippen LogP contribution < -0.4 is 10.6 Å². The molecular formula is C18H17Cl2N3O3. The first-order chi connectivity index (χ1) is 12.5. The van der Waals surface area contributed by atoms with Crippen molar-refractivity contribution in [2.45, 2.75) is 12.8 Å². The molecule has 1 saturated heterocycles. The van der Waals surface area contributed by atoms with Crippen LogP contribution >= 0.6 is 23.2 Å². The minimum absolute atomic E-state index is 0.133. The lowest BCUT2D eigenvalue weighted by molar-refractivity contribution is -0.140. The first-order valence-electron chi connectivity index (χ1n) is 8.49. The molecule has 5 rings (SSSR count). The van der Waals surface area contributed by atoms with Gasteiger partial charge in [-0.1, -0.05) is 35.4 Å². The summed E-state index contributed by atoms with van der Waals surface area (Å²) in [7, 11) is 0. The lowest BCUT2D eigenvalue weighted by Crippen LogP contribution is -2.43. The van der Waals surface area contributed by atoms with Gasteiger partial charge in [-0.25, -0.2) is 4.79 Å². The fraction of sp³-hybridized carbons (Fsp3) is 0.389. The molecule has 2 N–H and O–H groups in total. The van der Waals surface area contributed by atoms with Gasteiger partial charge in [-0.05, 0) is 42.9 Å². The molecule has 2 bridgehead atoms. The fourth-order valence-corrected chi connectivity index (χ4v) is 4.66. The van der Waals surface area contributed by atoms with E-state index in [1.807, 2.05) is 0 Å². The van der Waals surface area contributed by atoms with Crippen LogP contribution in [0.5, 0.6) is 0 Å². The summed E-state index contributed by atoms with van der Waals surface area (Å²) in [6.45, 7) is -0.152. The van der Waals surface area contributed by atoms with Gasteiger partial charge in [-0.2, -0.15) is 0 Å². The number of hydrogen-bond donors (Lipinski definition) is 2. The first-order valence-corrected chi connectivity index (χ1v) is 9.25. The number of benzene rings is 1. The van der Waals surface area contributed by atoms with Crippen molar-refractivity contribution in [3.05, 3.63) is 40.4 Å². The Morgan fingerprint density at radius 2 is 1.69 bits per heavy atom. The lowest BCUT2D eigenvalue weighted by Gasteiger charge is -2.38. The maximum atomic E-state index is 12.7. The molecular weight excluding hydrogens is 377 g/mol. The SMILES string of the molecule is O=C(NCN1C(=O)[C@@H]2[C@H](C1=O)[C@H]1C=C[C@H]2CC1)Nc1ccc(Cl)cc1Cl. The second kappa shape index (κ2) is 6.59. The summed E-state index contributed by atoms with van der Waals surface area (Å²) in [5.41, 5.74) is 0.392. The number of rotatable bonds is 3. The van der Waals surface area contributed by atoms with Crippen molar-refractivity contribution in [1.82, 2.24) is 10.2 Å². The summed E-state index contributed by atoms with van der Waals surface area (Å²) in [5.74, 6) is -0.669. The molecule has 3 aliphatic carbocycles. The quantitative estimate of drug-likeness (QED) is 0.610. The number of hydrogen-bond acceptors (Lipinski definition) is 3. The van der Waals surface area contributed by atoms with Crippen molar-refractivity contribution in [2.24, 2.45) is 23.7 Å². The normalized spacial score (nSPS) is 29.1. The number of nitrogens with one attached hydrogen (secondary N) is 2. The van der Waals surface area contributed by atoms with Gasteiger partial charge in [0, 0.05) is 5.02 Å². The van der Waals surface area contributed by atoms with Crippen molar-refractivity contribution in [3.63, 3.8) is 0 Å². The lowest BCUT2D eigenvalue weighted by atomic mass is 9.63. The van der Waals surface area contributed by atoms with Crippen LogP contribution in [0.3, 0.4) is 0 Å². The van der Waals surface area contributed by atoms with Gasteiger partial charge in [0.1, 0.15) is 6.67 Å².